The van der Waals surface area contributed by atoms with Crippen molar-refractivity contribution in [2.75, 3.05) is 20.8 Å². The van der Waals surface area contributed by atoms with E-state index >= 15 is 0 Å². The van der Waals surface area contributed by atoms with E-state index < -0.39 is 5.97 Å². The van der Waals surface area contributed by atoms with Crippen molar-refractivity contribution in [3.05, 3.63) is 64.2 Å². The maximum Gasteiger partial charge on any atom is 0.342 e. The van der Waals surface area contributed by atoms with Crippen molar-refractivity contribution in [2.45, 2.75) is 27.3 Å². The molecule has 5 nitrogen and oxygen atoms in total. The number of carbonyl (C=O) groups excluding carboxylic acids is 2. The van der Waals surface area contributed by atoms with E-state index in [1.54, 1.807) is 24.1 Å². The molecular weight excluding hydrogens is 330 g/mol. The molecule has 0 aliphatic heterocycles. The van der Waals surface area contributed by atoms with Crippen LogP contribution in [-0.4, -0.2) is 37.5 Å². The predicted molar refractivity (Wildman–Crippen MR) is 100 cm³/mol. The van der Waals surface area contributed by atoms with Crippen molar-refractivity contribution in [2.24, 2.45) is 0 Å². The molecule has 0 spiro atoms. The average molecular weight is 355 g/mol. The lowest BCUT2D eigenvalue weighted by atomic mass is 10.1. The monoisotopic (exact) mass is 355 g/mol. The van der Waals surface area contributed by atoms with Crippen LogP contribution in [0.2, 0.25) is 0 Å². The molecule has 0 heterocycles. The number of aryl methyl sites for hydroxylation is 3. The molecule has 0 fully saturated rings. The summed E-state index contributed by atoms with van der Waals surface area (Å²) in [5.41, 5.74) is 4.61. The molecular formula is C21H25NO4. The van der Waals surface area contributed by atoms with Crippen LogP contribution in [0.15, 0.2) is 36.4 Å². The predicted octanol–water partition coefficient (Wildman–Crippen LogP) is 3.44. The van der Waals surface area contributed by atoms with Gasteiger partial charge in [-0.2, -0.15) is 0 Å². The number of ether oxygens (including phenoxy) is 2. The van der Waals surface area contributed by atoms with Crippen LogP contribution >= 0.6 is 0 Å². The maximum absolute atomic E-state index is 12.3. The van der Waals surface area contributed by atoms with Gasteiger partial charge in [0.15, 0.2) is 6.61 Å². The highest BCUT2D eigenvalue weighted by Gasteiger charge is 2.17. The van der Waals surface area contributed by atoms with Crippen molar-refractivity contribution in [1.82, 2.24) is 4.90 Å². The Bertz CT molecular complexity index is 814. The normalized spacial score (nSPS) is 10.3. The first kappa shape index (κ1) is 19.5. The highest BCUT2D eigenvalue weighted by atomic mass is 16.5. The molecule has 0 saturated heterocycles. The van der Waals surface area contributed by atoms with Gasteiger partial charge in [0.05, 0.1) is 7.11 Å². The molecule has 0 aliphatic rings. The molecule has 0 unspecified atom stereocenters. The van der Waals surface area contributed by atoms with E-state index in [0.29, 0.717) is 17.9 Å². The van der Waals surface area contributed by atoms with E-state index in [4.69, 9.17) is 9.47 Å². The number of amides is 1. The third-order valence-corrected chi connectivity index (χ3v) is 4.23. The van der Waals surface area contributed by atoms with Gasteiger partial charge in [-0.05, 0) is 44.0 Å². The molecule has 0 radical (unpaired) electrons. The second kappa shape index (κ2) is 8.52. The van der Waals surface area contributed by atoms with E-state index in [1.165, 1.54) is 12.7 Å². The van der Waals surface area contributed by atoms with Gasteiger partial charge in [0, 0.05) is 13.6 Å². The lowest BCUT2D eigenvalue weighted by molar-refractivity contribution is -0.133. The van der Waals surface area contributed by atoms with Gasteiger partial charge in [-0.25, -0.2) is 4.79 Å². The molecule has 0 saturated carbocycles. The summed E-state index contributed by atoms with van der Waals surface area (Å²) in [6.07, 6.45) is 0. The van der Waals surface area contributed by atoms with Gasteiger partial charge in [-0.1, -0.05) is 35.4 Å². The van der Waals surface area contributed by atoms with Crippen molar-refractivity contribution in [1.29, 1.82) is 0 Å². The third kappa shape index (κ3) is 4.85. The van der Waals surface area contributed by atoms with Crippen LogP contribution in [0.3, 0.4) is 0 Å². The molecule has 0 aliphatic carbocycles. The van der Waals surface area contributed by atoms with Crippen LogP contribution in [0.4, 0.5) is 0 Å². The molecule has 138 valence electrons. The Morgan fingerprint density at radius 2 is 1.65 bits per heavy atom. The third-order valence-electron chi connectivity index (χ3n) is 4.23. The van der Waals surface area contributed by atoms with E-state index in [-0.39, 0.29) is 12.5 Å². The summed E-state index contributed by atoms with van der Waals surface area (Å²) in [4.78, 5) is 26.1. The SMILES string of the molecule is COc1ccc(C)cc1C(=O)OCC(=O)N(C)Cc1ccc(C)cc1C. The topological polar surface area (TPSA) is 55.8 Å². The summed E-state index contributed by atoms with van der Waals surface area (Å²) < 4.78 is 10.4. The zero-order chi connectivity index (χ0) is 19.3. The number of rotatable bonds is 6. The van der Waals surface area contributed by atoms with Crippen LogP contribution in [0.1, 0.15) is 32.6 Å². The molecule has 1 amide bonds. The lowest BCUT2D eigenvalue weighted by Crippen LogP contribution is -2.31. The number of hydrogen-bond acceptors (Lipinski definition) is 4. The summed E-state index contributed by atoms with van der Waals surface area (Å²) in [6, 6.07) is 11.4. The van der Waals surface area contributed by atoms with Crippen molar-refractivity contribution < 1.29 is 19.1 Å². The molecule has 0 aromatic heterocycles. The van der Waals surface area contributed by atoms with Gasteiger partial charge in [-0.3, -0.25) is 4.79 Å². The van der Waals surface area contributed by atoms with Gasteiger partial charge in [0.25, 0.3) is 5.91 Å². The Labute approximate surface area is 154 Å². The Balaban J connectivity index is 1.97. The Morgan fingerprint density at radius 1 is 1.00 bits per heavy atom. The average Bonchev–Trinajstić information content (AvgIpc) is 2.61. The van der Waals surface area contributed by atoms with Crippen LogP contribution < -0.4 is 4.74 Å². The zero-order valence-corrected chi connectivity index (χ0v) is 16.0. The van der Waals surface area contributed by atoms with Gasteiger partial charge < -0.3 is 14.4 Å². The highest BCUT2D eigenvalue weighted by Crippen LogP contribution is 2.20. The summed E-state index contributed by atoms with van der Waals surface area (Å²) in [5.74, 6) is -0.402. The quantitative estimate of drug-likeness (QED) is 0.745. The number of likely N-dealkylation sites (N-methyl/N-ethyl adjacent to an activating group) is 1. The largest absolute Gasteiger partial charge is 0.496 e. The van der Waals surface area contributed by atoms with E-state index in [2.05, 4.69) is 6.07 Å². The van der Waals surface area contributed by atoms with Crippen LogP contribution in [0, 0.1) is 20.8 Å². The Kier molecular flexibility index (Phi) is 6.39. The number of benzene rings is 2. The lowest BCUT2D eigenvalue weighted by Gasteiger charge is -2.19. The minimum absolute atomic E-state index is 0.259. The molecule has 0 atom stereocenters. The smallest absolute Gasteiger partial charge is 0.342 e. The second-order valence-electron chi connectivity index (χ2n) is 6.46. The Hall–Kier alpha value is -2.82. The number of esters is 1. The van der Waals surface area contributed by atoms with Gasteiger partial charge in [-0.15, -0.1) is 0 Å². The van der Waals surface area contributed by atoms with Gasteiger partial charge in [0.2, 0.25) is 0 Å². The van der Waals surface area contributed by atoms with Crippen LogP contribution in [-0.2, 0) is 16.1 Å². The number of nitrogens with zero attached hydrogens (tertiary/aromatic N) is 1. The first-order valence-corrected chi connectivity index (χ1v) is 8.43. The van der Waals surface area contributed by atoms with Crippen LogP contribution in [0.5, 0.6) is 5.75 Å². The maximum atomic E-state index is 12.3. The number of hydrogen-bond donors (Lipinski definition) is 0. The minimum atomic E-state index is -0.571. The molecule has 5 heteroatoms. The summed E-state index contributed by atoms with van der Waals surface area (Å²) in [6.45, 7) is 6.09. The minimum Gasteiger partial charge on any atom is -0.496 e. The molecule has 26 heavy (non-hydrogen) atoms. The van der Waals surface area contributed by atoms with Crippen molar-refractivity contribution in [3.8, 4) is 5.75 Å². The number of carbonyl (C=O) groups is 2. The fraction of sp³-hybridized carbons (Fsp3) is 0.333. The first-order chi connectivity index (χ1) is 12.3. The van der Waals surface area contributed by atoms with Crippen molar-refractivity contribution >= 4 is 11.9 Å². The van der Waals surface area contributed by atoms with E-state index in [0.717, 1.165) is 16.7 Å². The Morgan fingerprint density at radius 3 is 2.31 bits per heavy atom. The van der Waals surface area contributed by atoms with E-state index in [9.17, 15) is 9.59 Å². The standard InChI is InChI=1S/C21H25NO4/c1-14-6-8-17(16(3)10-14)12-22(4)20(23)13-26-21(24)18-11-15(2)7-9-19(18)25-5/h6-11H,12-13H2,1-5H3. The van der Waals surface area contributed by atoms with E-state index in [1.807, 2.05) is 39.0 Å². The molecule has 0 bridgehead atoms. The summed E-state index contributed by atoms with van der Waals surface area (Å²) in [5, 5.41) is 0. The molecule has 2 rings (SSSR count). The number of methoxy groups -OCH3 is 1. The summed E-state index contributed by atoms with van der Waals surface area (Å²) >= 11 is 0. The fourth-order valence-corrected chi connectivity index (χ4v) is 2.66. The first-order valence-electron chi connectivity index (χ1n) is 8.43. The second-order valence-corrected chi connectivity index (χ2v) is 6.46. The zero-order valence-electron chi connectivity index (χ0n) is 16.0. The van der Waals surface area contributed by atoms with Crippen LogP contribution in [0.25, 0.3) is 0 Å². The molecule has 2 aromatic carbocycles. The molecule has 0 N–H and O–H groups in total. The molecule has 2 aromatic rings. The van der Waals surface area contributed by atoms with Gasteiger partial charge >= 0.3 is 5.97 Å². The highest BCUT2D eigenvalue weighted by molar-refractivity contribution is 5.94. The van der Waals surface area contributed by atoms with Gasteiger partial charge in [0.1, 0.15) is 11.3 Å². The summed E-state index contributed by atoms with van der Waals surface area (Å²) in [7, 11) is 3.19. The van der Waals surface area contributed by atoms with Crippen molar-refractivity contribution in [3.63, 3.8) is 0 Å². The fourth-order valence-electron chi connectivity index (χ4n) is 2.66.